The van der Waals surface area contributed by atoms with Crippen LogP contribution >= 0.6 is 12.4 Å². The van der Waals surface area contributed by atoms with Crippen molar-refractivity contribution in [2.75, 3.05) is 20.7 Å². The number of carbonyl (C=O) groups is 1. The zero-order chi connectivity index (χ0) is 24.9. The van der Waals surface area contributed by atoms with Crippen molar-refractivity contribution >= 4 is 18.4 Å². The molecule has 4 rings (SSSR count). The molecule has 7 nitrogen and oxygen atoms in total. The fraction of sp³-hybridized carbons (Fsp3) is 0.222. The molecule has 188 valence electrons. The van der Waals surface area contributed by atoms with Crippen LogP contribution in [0.3, 0.4) is 0 Å². The number of nitrogens with zero attached hydrogens (tertiary/aromatic N) is 3. The van der Waals surface area contributed by atoms with Crippen LogP contribution in [0.2, 0.25) is 0 Å². The number of carboxylic acids is 1. The first kappa shape index (κ1) is 27.0. The van der Waals surface area contributed by atoms with Crippen LogP contribution in [-0.2, 0) is 22.7 Å². The SMILES string of the molecule is COCc1cc(-c2nc(-c3cc(F)cc(CN(C)CC(=O)O)c3)no2)ccc1-c1ccccc1C.Cl. The van der Waals surface area contributed by atoms with Crippen molar-refractivity contribution in [2.24, 2.45) is 0 Å². The van der Waals surface area contributed by atoms with E-state index in [0.717, 1.165) is 27.8 Å². The van der Waals surface area contributed by atoms with Gasteiger partial charge in [-0.15, -0.1) is 12.4 Å². The first-order valence-corrected chi connectivity index (χ1v) is 11.1. The molecule has 9 heteroatoms. The standard InChI is InChI=1S/C27H26FN3O4.ClH/c1-17-6-4-5-7-23(17)24-9-8-19(12-21(24)16-34-3)27-29-26(30-35-27)20-10-18(11-22(28)13-20)14-31(2)15-25(32)33;/h4-13H,14-16H2,1-3H3,(H,32,33);1H. The fourth-order valence-electron chi connectivity index (χ4n) is 4.07. The van der Waals surface area contributed by atoms with Crippen molar-refractivity contribution in [1.29, 1.82) is 0 Å². The van der Waals surface area contributed by atoms with Gasteiger partial charge in [0.1, 0.15) is 5.82 Å². The molecule has 1 N–H and O–H groups in total. The fourth-order valence-corrected chi connectivity index (χ4v) is 4.07. The van der Waals surface area contributed by atoms with Crippen LogP contribution < -0.4 is 0 Å². The minimum atomic E-state index is -0.951. The molecule has 1 heterocycles. The second kappa shape index (κ2) is 11.9. The van der Waals surface area contributed by atoms with E-state index in [-0.39, 0.29) is 31.3 Å². The van der Waals surface area contributed by atoms with Gasteiger partial charge >= 0.3 is 5.97 Å². The number of ether oxygens (including phenoxy) is 1. The molecule has 0 spiro atoms. The number of carboxylic acid groups (broad SMARTS) is 1. The highest BCUT2D eigenvalue weighted by Crippen LogP contribution is 2.32. The molecule has 0 amide bonds. The molecule has 0 saturated heterocycles. The average molecular weight is 512 g/mol. The summed E-state index contributed by atoms with van der Waals surface area (Å²) in [4.78, 5) is 17.0. The lowest BCUT2D eigenvalue weighted by Gasteiger charge is -2.14. The summed E-state index contributed by atoms with van der Waals surface area (Å²) in [6.07, 6.45) is 0. The quantitative estimate of drug-likeness (QED) is 0.313. The van der Waals surface area contributed by atoms with Crippen molar-refractivity contribution < 1.29 is 23.6 Å². The molecule has 0 radical (unpaired) electrons. The third-order valence-corrected chi connectivity index (χ3v) is 5.59. The van der Waals surface area contributed by atoms with Gasteiger partial charge < -0.3 is 14.4 Å². The Morgan fingerprint density at radius 2 is 1.86 bits per heavy atom. The van der Waals surface area contributed by atoms with Gasteiger partial charge in [0.05, 0.1) is 13.2 Å². The number of aliphatic carboxylic acids is 1. The third-order valence-electron chi connectivity index (χ3n) is 5.59. The van der Waals surface area contributed by atoms with E-state index >= 15 is 0 Å². The number of likely N-dealkylation sites (N-methyl/N-ethyl adjacent to an activating group) is 1. The van der Waals surface area contributed by atoms with E-state index in [4.69, 9.17) is 14.4 Å². The Balaban J connectivity index is 0.00000361. The highest BCUT2D eigenvalue weighted by molar-refractivity contribution is 5.85. The molecule has 1 aromatic heterocycles. The maximum absolute atomic E-state index is 14.3. The van der Waals surface area contributed by atoms with Gasteiger partial charge in [0, 0.05) is 24.8 Å². The Labute approximate surface area is 214 Å². The van der Waals surface area contributed by atoms with Crippen LogP contribution in [0.5, 0.6) is 0 Å². The smallest absolute Gasteiger partial charge is 0.317 e. The first-order valence-electron chi connectivity index (χ1n) is 11.1. The van der Waals surface area contributed by atoms with Gasteiger partial charge in [-0.1, -0.05) is 35.5 Å². The monoisotopic (exact) mass is 511 g/mol. The average Bonchev–Trinajstić information content (AvgIpc) is 3.29. The molecule has 0 aliphatic heterocycles. The number of aromatic nitrogens is 2. The normalized spacial score (nSPS) is 10.9. The highest BCUT2D eigenvalue weighted by atomic mass is 35.5. The Bertz CT molecular complexity index is 1360. The molecule has 0 aliphatic rings. The molecule has 0 atom stereocenters. The van der Waals surface area contributed by atoms with Crippen LogP contribution in [0.1, 0.15) is 16.7 Å². The second-order valence-electron chi connectivity index (χ2n) is 8.46. The van der Waals surface area contributed by atoms with Gasteiger partial charge in [0.25, 0.3) is 5.89 Å². The Kier molecular flexibility index (Phi) is 8.93. The third kappa shape index (κ3) is 6.34. The molecule has 0 fully saturated rings. The number of halogens is 2. The summed E-state index contributed by atoms with van der Waals surface area (Å²) in [5.41, 5.74) is 6.12. The van der Waals surface area contributed by atoms with Gasteiger partial charge in [0.2, 0.25) is 5.82 Å². The van der Waals surface area contributed by atoms with Gasteiger partial charge in [-0.3, -0.25) is 9.69 Å². The van der Waals surface area contributed by atoms with Gasteiger partial charge in [-0.25, -0.2) is 4.39 Å². The number of methoxy groups -OCH3 is 1. The van der Waals surface area contributed by atoms with E-state index in [1.54, 1.807) is 25.1 Å². The molecule has 0 unspecified atom stereocenters. The topological polar surface area (TPSA) is 88.7 Å². The summed E-state index contributed by atoms with van der Waals surface area (Å²) in [6, 6.07) is 18.4. The molecule has 36 heavy (non-hydrogen) atoms. The second-order valence-corrected chi connectivity index (χ2v) is 8.46. The lowest BCUT2D eigenvalue weighted by atomic mass is 9.94. The van der Waals surface area contributed by atoms with Crippen LogP contribution in [-0.4, -0.2) is 46.8 Å². The van der Waals surface area contributed by atoms with Gasteiger partial charge in [0.15, 0.2) is 0 Å². The van der Waals surface area contributed by atoms with Crippen LogP contribution in [0.4, 0.5) is 4.39 Å². The maximum Gasteiger partial charge on any atom is 0.317 e. The molecule has 0 aliphatic carbocycles. The van der Waals surface area contributed by atoms with Crippen LogP contribution in [0.25, 0.3) is 34.0 Å². The number of rotatable bonds is 9. The van der Waals surface area contributed by atoms with E-state index in [2.05, 4.69) is 29.2 Å². The summed E-state index contributed by atoms with van der Waals surface area (Å²) >= 11 is 0. The Morgan fingerprint density at radius 3 is 2.58 bits per heavy atom. The van der Waals surface area contributed by atoms with Crippen LogP contribution in [0.15, 0.2) is 65.2 Å². The van der Waals surface area contributed by atoms with E-state index in [0.29, 0.717) is 23.6 Å². The summed E-state index contributed by atoms with van der Waals surface area (Å²) in [6.45, 7) is 2.59. The van der Waals surface area contributed by atoms with E-state index < -0.39 is 11.8 Å². The maximum atomic E-state index is 14.3. The van der Waals surface area contributed by atoms with Crippen molar-refractivity contribution in [3.63, 3.8) is 0 Å². The van der Waals surface area contributed by atoms with Gasteiger partial charge in [-0.05, 0) is 72.1 Å². The number of hydrogen-bond donors (Lipinski definition) is 1. The number of hydrogen-bond acceptors (Lipinski definition) is 6. The summed E-state index contributed by atoms with van der Waals surface area (Å²) in [5.74, 6) is -0.855. The zero-order valence-electron chi connectivity index (χ0n) is 20.2. The number of benzene rings is 3. The highest BCUT2D eigenvalue weighted by Gasteiger charge is 2.16. The van der Waals surface area contributed by atoms with Crippen molar-refractivity contribution in [1.82, 2.24) is 15.0 Å². The van der Waals surface area contributed by atoms with Crippen LogP contribution in [0, 0.1) is 12.7 Å². The minimum absolute atomic E-state index is 0. The van der Waals surface area contributed by atoms with E-state index in [1.807, 2.05) is 30.3 Å². The van der Waals surface area contributed by atoms with Crippen molar-refractivity contribution in [2.45, 2.75) is 20.1 Å². The molecule has 0 saturated carbocycles. The predicted molar refractivity (Wildman–Crippen MR) is 137 cm³/mol. The van der Waals surface area contributed by atoms with Crippen molar-refractivity contribution in [3.8, 4) is 34.0 Å². The number of aryl methyl sites for hydroxylation is 1. The Hall–Kier alpha value is -3.59. The molecule has 0 bridgehead atoms. The summed E-state index contributed by atoms with van der Waals surface area (Å²) < 4.78 is 25.2. The summed E-state index contributed by atoms with van der Waals surface area (Å²) in [7, 11) is 3.30. The van der Waals surface area contributed by atoms with E-state index in [9.17, 15) is 9.18 Å². The van der Waals surface area contributed by atoms with Gasteiger partial charge in [-0.2, -0.15) is 4.98 Å². The minimum Gasteiger partial charge on any atom is -0.480 e. The molecular formula is C27H27ClFN3O4. The lowest BCUT2D eigenvalue weighted by molar-refractivity contribution is -0.138. The lowest BCUT2D eigenvalue weighted by Crippen LogP contribution is -2.25. The molecule has 3 aromatic carbocycles. The summed E-state index contributed by atoms with van der Waals surface area (Å²) in [5, 5.41) is 13.0. The molecule has 4 aromatic rings. The molecular weight excluding hydrogens is 485 g/mol. The predicted octanol–water partition coefficient (Wildman–Crippen LogP) is 5.60. The van der Waals surface area contributed by atoms with Crippen molar-refractivity contribution in [3.05, 3.63) is 83.2 Å². The zero-order valence-corrected chi connectivity index (χ0v) is 21.0. The first-order chi connectivity index (χ1) is 16.8. The van der Waals surface area contributed by atoms with E-state index in [1.165, 1.54) is 12.1 Å². The largest absolute Gasteiger partial charge is 0.480 e. The Morgan fingerprint density at radius 1 is 1.08 bits per heavy atom.